The second-order valence-corrected chi connectivity index (χ2v) is 9.59. The van der Waals surface area contributed by atoms with Crippen LogP contribution in [0.4, 0.5) is 0 Å². The summed E-state index contributed by atoms with van der Waals surface area (Å²) in [5.41, 5.74) is 0.277. The number of aliphatic hydroxyl groups excluding tert-OH is 1. The SMILES string of the molecule is CC(C)(CO)C(C1CCC2OC2(C)C1)C1CCC2OC2(C)C1. The molecule has 0 aromatic carbocycles. The van der Waals surface area contributed by atoms with Crippen molar-refractivity contribution in [3.8, 4) is 0 Å². The fourth-order valence-corrected chi connectivity index (χ4v) is 6.03. The Balaban J connectivity index is 1.56. The first-order valence-corrected chi connectivity index (χ1v) is 9.24. The van der Waals surface area contributed by atoms with Gasteiger partial charge in [0.1, 0.15) is 0 Å². The van der Waals surface area contributed by atoms with E-state index in [1.165, 1.54) is 38.5 Å². The van der Waals surface area contributed by atoms with Gasteiger partial charge < -0.3 is 14.6 Å². The lowest BCUT2D eigenvalue weighted by molar-refractivity contribution is -0.00792. The summed E-state index contributed by atoms with van der Waals surface area (Å²) in [6.07, 6.45) is 8.36. The molecule has 22 heavy (non-hydrogen) atoms. The van der Waals surface area contributed by atoms with Crippen molar-refractivity contribution < 1.29 is 14.6 Å². The minimum atomic E-state index is -0.00843. The van der Waals surface area contributed by atoms with E-state index in [-0.39, 0.29) is 23.2 Å². The van der Waals surface area contributed by atoms with Crippen molar-refractivity contribution in [3.63, 3.8) is 0 Å². The van der Waals surface area contributed by atoms with E-state index < -0.39 is 0 Å². The van der Waals surface area contributed by atoms with E-state index in [1.807, 2.05) is 0 Å². The molecule has 0 spiro atoms. The molecule has 6 unspecified atom stereocenters. The average Bonchev–Trinajstić information content (AvgIpc) is 3.30. The van der Waals surface area contributed by atoms with Gasteiger partial charge in [0, 0.05) is 6.61 Å². The van der Waals surface area contributed by atoms with Crippen LogP contribution in [0.5, 0.6) is 0 Å². The Morgan fingerprint density at radius 3 is 1.77 bits per heavy atom. The molecule has 0 bridgehead atoms. The molecule has 3 heteroatoms. The standard InChI is InChI=1S/C19H32O3/c1-17(2,11-20)16(12-5-7-14-18(3,9-12)21-14)13-6-8-15-19(4,10-13)22-15/h12-16,20H,5-11H2,1-4H3. The summed E-state index contributed by atoms with van der Waals surface area (Å²) in [4.78, 5) is 0. The maximum absolute atomic E-state index is 10.0. The number of hydrogen-bond acceptors (Lipinski definition) is 3. The van der Waals surface area contributed by atoms with Gasteiger partial charge in [0.25, 0.3) is 0 Å². The van der Waals surface area contributed by atoms with E-state index in [2.05, 4.69) is 27.7 Å². The van der Waals surface area contributed by atoms with Crippen LogP contribution in [0.2, 0.25) is 0 Å². The fraction of sp³-hybridized carbons (Fsp3) is 1.00. The fourth-order valence-electron chi connectivity index (χ4n) is 6.03. The van der Waals surface area contributed by atoms with E-state index in [0.717, 1.165) is 0 Å². The highest BCUT2D eigenvalue weighted by Crippen LogP contribution is 2.59. The minimum absolute atomic E-state index is 0.00843. The van der Waals surface area contributed by atoms with Crippen molar-refractivity contribution in [1.29, 1.82) is 0 Å². The Labute approximate surface area is 134 Å². The quantitative estimate of drug-likeness (QED) is 0.808. The summed E-state index contributed by atoms with van der Waals surface area (Å²) in [5.74, 6) is 1.96. The second-order valence-electron chi connectivity index (χ2n) is 9.59. The summed E-state index contributed by atoms with van der Waals surface area (Å²) in [6.45, 7) is 9.39. The van der Waals surface area contributed by atoms with Crippen LogP contribution >= 0.6 is 0 Å². The molecule has 0 aromatic rings. The van der Waals surface area contributed by atoms with E-state index in [4.69, 9.17) is 9.47 Å². The molecule has 2 saturated carbocycles. The number of hydrogen-bond donors (Lipinski definition) is 1. The number of epoxide rings is 2. The van der Waals surface area contributed by atoms with Crippen LogP contribution in [0.3, 0.4) is 0 Å². The van der Waals surface area contributed by atoms with Crippen molar-refractivity contribution in [2.75, 3.05) is 6.61 Å². The predicted octanol–water partition coefficient (Wildman–Crippen LogP) is 3.54. The minimum Gasteiger partial charge on any atom is -0.396 e. The van der Waals surface area contributed by atoms with E-state index in [1.54, 1.807) is 0 Å². The highest BCUT2D eigenvalue weighted by Gasteiger charge is 2.61. The molecule has 1 N–H and O–H groups in total. The van der Waals surface area contributed by atoms with Crippen molar-refractivity contribution in [2.24, 2.45) is 23.2 Å². The molecular formula is C19H32O3. The molecule has 4 fully saturated rings. The van der Waals surface area contributed by atoms with Crippen LogP contribution in [-0.4, -0.2) is 35.1 Å². The van der Waals surface area contributed by atoms with Crippen molar-refractivity contribution >= 4 is 0 Å². The molecule has 0 aromatic heterocycles. The van der Waals surface area contributed by atoms with Crippen LogP contribution in [0.15, 0.2) is 0 Å². The Morgan fingerprint density at radius 2 is 1.41 bits per heavy atom. The molecule has 4 rings (SSSR count). The van der Waals surface area contributed by atoms with Crippen molar-refractivity contribution in [1.82, 2.24) is 0 Å². The monoisotopic (exact) mass is 308 g/mol. The normalized spacial score (nSPS) is 51.7. The Bertz CT molecular complexity index is 428. The Hall–Kier alpha value is -0.120. The van der Waals surface area contributed by atoms with E-state index in [9.17, 15) is 5.11 Å². The average molecular weight is 308 g/mol. The highest BCUT2D eigenvalue weighted by molar-refractivity contribution is 5.09. The Kier molecular flexibility index (Phi) is 3.30. The maximum Gasteiger partial charge on any atom is 0.0923 e. The molecule has 0 radical (unpaired) electrons. The predicted molar refractivity (Wildman–Crippen MR) is 85.6 cm³/mol. The molecule has 2 aliphatic heterocycles. The van der Waals surface area contributed by atoms with Gasteiger partial charge in [0.15, 0.2) is 0 Å². The van der Waals surface area contributed by atoms with Crippen LogP contribution in [-0.2, 0) is 9.47 Å². The van der Waals surface area contributed by atoms with Gasteiger partial charge in [-0.2, -0.15) is 0 Å². The van der Waals surface area contributed by atoms with Gasteiger partial charge in [-0.1, -0.05) is 13.8 Å². The van der Waals surface area contributed by atoms with E-state index in [0.29, 0.717) is 30.0 Å². The van der Waals surface area contributed by atoms with Crippen LogP contribution < -0.4 is 0 Å². The first-order valence-electron chi connectivity index (χ1n) is 9.24. The third kappa shape index (κ3) is 2.35. The molecule has 0 amide bonds. The molecule has 4 aliphatic rings. The van der Waals surface area contributed by atoms with Gasteiger partial charge in [-0.05, 0) is 75.5 Å². The third-order valence-electron chi connectivity index (χ3n) is 7.33. The lowest BCUT2D eigenvalue weighted by atomic mass is 9.58. The van der Waals surface area contributed by atoms with Crippen LogP contribution in [0.1, 0.15) is 66.2 Å². The van der Waals surface area contributed by atoms with Gasteiger partial charge in [0.2, 0.25) is 0 Å². The number of fused-ring (bicyclic) bond motifs is 2. The third-order valence-corrected chi connectivity index (χ3v) is 7.33. The largest absolute Gasteiger partial charge is 0.396 e. The summed E-state index contributed by atoms with van der Waals surface area (Å²) >= 11 is 0. The summed E-state index contributed by atoms with van der Waals surface area (Å²) in [7, 11) is 0. The zero-order chi connectivity index (χ0) is 15.8. The lowest BCUT2D eigenvalue weighted by Crippen LogP contribution is -2.44. The van der Waals surface area contributed by atoms with Crippen molar-refractivity contribution in [2.45, 2.75) is 89.6 Å². The smallest absolute Gasteiger partial charge is 0.0923 e. The van der Waals surface area contributed by atoms with Gasteiger partial charge in [0.05, 0.1) is 23.4 Å². The van der Waals surface area contributed by atoms with Crippen LogP contribution in [0, 0.1) is 23.2 Å². The zero-order valence-corrected chi connectivity index (χ0v) is 14.6. The Morgan fingerprint density at radius 1 is 0.955 bits per heavy atom. The maximum atomic E-state index is 10.0. The molecule has 6 atom stereocenters. The summed E-state index contributed by atoms with van der Waals surface area (Å²) in [6, 6.07) is 0. The molecule has 2 saturated heterocycles. The molecule has 3 nitrogen and oxygen atoms in total. The summed E-state index contributed by atoms with van der Waals surface area (Å²) < 4.78 is 11.9. The number of aliphatic hydroxyl groups is 1. The van der Waals surface area contributed by atoms with E-state index >= 15 is 0 Å². The number of ether oxygens (including phenoxy) is 2. The van der Waals surface area contributed by atoms with Gasteiger partial charge in [-0.15, -0.1) is 0 Å². The van der Waals surface area contributed by atoms with Crippen molar-refractivity contribution in [3.05, 3.63) is 0 Å². The molecule has 2 aliphatic carbocycles. The highest BCUT2D eigenvalue weighted by atomic mass is 16.6. The second kappa shape index (κ2) is 4.70. The zero-order valence-electron chi connectivity index (χ0n) is 14.6. The first kappa shape index (κ1) is 15.4. The molecule has 2 heterocycles. The lowest BCUT2D eigenvalue weighted by Gasteiger charge is -2.46. The van der Waals surface area contributed by atoms with Gasteiger partial charge >= 0.3 is 0 Å². The topological polar surface area (TPSA) is 45.3 Å². The van der Waals surface area contributed by atoms with Gasteiger partial charge in [-0.3, -0.25) is 0 Å². The van der Waals surface area contributed by atoms with Gasteiger partial charge in [-0.25, -0.2) is 0 Å². The number of rotatable bonds is 4. The molecular weight excluding hydrogens is 276 g/mol. The summed E-state index contributed by atoms with van der Waals surface area (Å²) in [5, 5.41) is 10.0. The molecule has 126 valence electrons. The van der Waals surface area contributed by atoms with Crippen LogP contribution in [0.25, 0.3) is 0 Å². The first-order chi connectivity index (χ1) is 10.3.